The molecular weight excluding hydrogens is 242 g/mol. The maximum Gasteiger partial charge on any atom is 0.387 e. The van der Waals surface area contributed by atoms with Gasteiger partial charge in [-0.1, -0.05) is 12.1 Å². The molecule has 1 heterocycles. The molecule has 0 fully saturated rings. The average Bonchev–Trinajstić information content (AvgIpc) is 2.82. The number of aliphatic hydroxyl groups is 1. The smallest absolute Gasteiger partial charge is 0.387 e. The molecule has 0 radical (unpaired) electrons. The molecule has 0 spiro atoms. The minimum Gasteiger partial charge on any atom is -0.472 e. The fourth-order valence-electron chi connectivity index (χ4n) is 1.62. The second-order valence-corrected chi connectivity index (χ2v) is 3.80. The van der Waals surface area contributed by atoms with E-state index in [4.69, 9.17) is 4.42 Å². The van der Waals surface area contributed by atoms with E-state index in [2.05, 4.69) is 4.74 Å². The van der Waals surface area contributed by atoms with Gasteiger partial charge >= 0.3 is 6.61 Å². The van der Waals surface area contributed by atoms with Crippen molar-refractivity contribution in [3.63, 3.8) is 0 Å². The summed E-state index contributed by atoms with van der Waals surface area (Å²) in [4.78, 5) is 0. The summed E-state index contributed by atoms with van der Waals surface area (Å²) in [6, 6.07) is 7.68. The molecule has 1 aromatic carbocycles. The third kappa shape index (κ3) is 3.30. The lowest BCUT2D eigenvalue weighted by Crippen LogP contribution is -2.03. The lowest BCUT2D eigenvalue weighted by molar-refractivity contribution is -0.0498. The van der Waals surface area contributed by atoms with Crippen LogP contribution in [0.4, 0.5) is 8.78 Å². The van der Waals surface area contributed by atoms with Gasteiger partial charge in [-0.05, 0) is 29.3 Å². The number of halogens is 2. The van der Waals surface area contributed by atoms with Crippen molar-refractivity contribution in [1.82, 2.24) is 0 Å². The summed E-state index contributed by atoms with van der Waals surface area (Å²) in [5.41, 5.74) is 1.51. The van der Waals surface area contributed by atoms with Crippen LogP contribution in [0.25, 0.3) is 0 Å². The number of benzene rings is 1. The van der Waals surface area contributed by atoms with Gasteiger partial charge in [0.05, 0.1) is 18.6 Å². The quantitative estimate of drug-likeness (QED) is 0.891. The van der Waals surface area contributed by atoms with E-state index in [0.29, 0.717) is 12.0 Å². The van der Waals surface area contributed by atoms with Gasteiger partial charge in [-0.3, -0.25) is 0 Å². The van der Waals surface area contributed by atoms with Gasteiger partial charge in [0.25, 0.3) is 0 Å². The number of ether oxygens (including phenoxy) is 1. The molecule has 1 atom stereocenters. The fourth-order valence-corrected chi connectivity index (χ4v) is 1.62. The SMILES string of the molecule is OC(Cc1ccoc1)c1ccc(OC(F)F)cc1. The predicted octanol–water partition coefficient (Wildman–Crippen LogP) is 3.16. The van der Waals surface area contributed by atoms with Gasteiger partial charge in [0.2, 0.25) is 0 Å². The summed E-state index contributed by atoms with van der Waals surface area (Å²) < 4.78 is 33.0. The minimum absolute atomic E-state index is 0.0734. The predicted molar refractivity (Wildman–Crippen MR) is 60.4 cm³/mol. The highest BCUT2D eigenvalue weighted by Gasteiger charge is 2.10. The average molecular weight is 254 g/mol. The van der Waals surface area contributed by atoms with E-state index in [-0.39, 0.29) is 5.75 Å². The van der Waals surface area contributed by atoms with Gasteiger partial charge < -0.3 is 14.3 Å². The largest absolute Gasteiger partial charge is 0.472 e. The van der Waals surface area contributed by atoms with Crippen molar-refractivity contribution in [2.45, 2.75) is 19.1 Å². The first-order valence-corrected chi connectivity index (χ1v) is 5.39. The second-order valence-electron chi connectivity index (χ2n) is 3.80. The number of furan rings is 1. The molecule has 96 valence electrons. The van der Waals surface area contributed by atoms with Gasteiger partial charge in [0, 0.05) is 6.42 Å². The van der Waals surface area contributed by atoms with Crippen molar-refractivity contribution in [2.75, 3.05) is 0 Å². The fraction of sp³-hybridized carbons (Fsp3) is 0.231. The number of hydrogen-bond donors (Lipinski definition) is 1. The maximum atomic E-state index is 11.9. The molecule has 0 saturated carbocycles. The molecule has 0 aliphatic carbocycles. The third-order valence-electron chi connectivity index (χ3n) is 2.50. The van der Waals surface area contributed by atoms with Crippen LogP contribution >= 0.6 is 0 Å². The molecule has 18 heavy (non-hydrogen) atoms. The summed E-state index contributed by atoms with van der Waals surface area (Å²) in [7, 11) is 0. The van der Waals surface area contributed by atoms with E-state index in [1.807, 2.05) is 0 Å². The van der Waals surface area contributed by atoms with Crippen LogP contribution in [0.2, 0.25) is 0 Å². The first kappa shape index (κ1) is 12.6. The molecule has 0 aliphatic rings. The molecular formula is C13H12F2O3. The number of hydrogen-bond acceptors (Lipinski definition) is 3. The van der Waals surface area contributed by atoms with E-state index >= 15 is 0 Å². The van der Waals surface area contributed by atoms with Crippen LogP contribution in [0.15, 0.2) is 47.3 Å². The molecule has 1 unspecified atom stereocenters. The van der Waals surface area contributed by atoms with Gasteiger partial charge in [-0.2, -0.15) is 8.78 Å². The molecule has 0 bridgehead atoms. The molecule has 1 N–H and O–H groups in total. The first-order chi connectivity index (χ1) is 8.65. The summed E-state index contributed by atoms with van der Waals surface area (Å²) in [5.74, 6) is 0.0734. The zero-order valence-corrected chi connectivity index (χ0v) is 9.42. The molecule has 0 saturated heterocycles. The van der Waals surface area contributed by atoms with E-state index in [1.165, 1.54) is 18.4 Å². The Hall–Kier alpha value is -1.88. The van der Waals surface area contributed by atoms with Gasteiger partial charge in [0.1, 0.15) is 5.75 Å². The van der Waals surface area contributed by atoms with Crippen molar-refractivity contribution >= 4 is 0 Å². The Balaban J connectivity index is 2.00. The van der Waals surface area contributed by atoms with Crippen molar-refractivity contribution < 1.29 is 23.0 Å². The lowest BCUT2D eigenvalue weighted by atomic mass is 10.0. The van der Waals surface area contributed by atoms with Crippen LogP contribution in [0, 0.1) is 0 Å². The van der Waals surface area contributed by atoms with Gasteiger partial charge in [-0.25, -0.2) is 0 Å². The number of alkyl halides is 2. The molecule has 1 aromatic heterocycles. The zero-order chi connectivity index (χ0) is 13.0. The topological polar surface area (TPSA) is 42.6 Å². The van der Waals surface area contributed by atoms with Crippen LogP contribution < -0.4 is 4.74 Å². The minimum atomic E-state index is -2.84. The Morgan fingerprint density at radius 2 is 1.89 bits per heavy atom. The molecule has 2 rings (SSSR count). The molecule has 5 heteroatoms. The van der Waals surface area contributed by atoms with Crippen LogP contribution in [0.5, 0.6) is 5.75 Å². The van der Waals surface area contributed by atoms with Crippen LogP contribution in [-0.4, -0.2) is 11.7 Å². The Morgan fingerprint density at radius 3 is 2.44 bits per heavy atom. The summed E-state index contributed by atoms with van der Waals surface area (Å²) in [6.07, 6.45) is 2.79. The second kappa shape index (κ2) is 5.64. The van der Waals surface area contributed by atoms with Crippen molar-refractivity contribution in [3.05, 3.63) is 54.0 Å². The standard InChI is InChI=1S/C13H12F2O3/c14-13(15)18-11-3-1-10(2-4-11)12(16)7-9-5-6-17-8-9/h1-6,8,12-13,16H,7H2. The monoisotopic (exact) mass is 254 g/mol. The maximum absolute atomic E-state index is 11.9. The van der Waals surface area contributed by atoms with Gasteiger partial charge in [-0.15, -0.1) is 0 Å². The van der Waals surface area contributed by atoms with Crippen LogP contribution in [0.3, 0.4) is 0 Å². The Bertz CT molecular complexity index is 465. The van der Waals surface area contributed by atoms with Crippen LogP contribution in [0.1, 0.15) is 17.2 Å². The highest BCUT2D eigenvalue weighted by molar-refractivity contribution is 5.29. The number of aliphatic hydroxyl groups excluding tert-OH is 1. The van der Waals surface area contributed by atoms with Crippen LogP contribution in [-0.2, 0) is 6.42 Å². The highest BCUT2D eigenvalue weighted by atomic mass is 19.3. The van der Waals surface area contributed by atoms with E-state index < -0.39 is 12.7 Å². The Labute approximate surface area is 103 Å². The molecule has 0 amide bonds. The lowest BCUT2D eigenvalue weighted by Gasteiger charge is -2.10. The Kier molecular flexibility index (Phi) is 3.94. The van der Waals surface area contributed by atoms with Crippen molar-refractivity contribution in [1.29, 1.82) is 0 Å². The molecule has 2 aromatic rings. The summed E-state index contributed by atoms with van der Waals surface area (Å²) in [6.45, 7) is -2.84. The zero-order valence-electron chi connectivity index (χ0n) is 9.42. The van der Waals surface area contributed by atoms with Crippen molar-refractivity contribution in [3.8, 4) is 5.75 Å². The van der Waals surface area contributed by atoms with Crippen molar-refractivity contribution in [2.24, 2.45) is 0 Å². The highest BCUT2D eigenvalue weighted by Crippen LogP contribution is 2.22. The normalized spacial score (nSPS) is 12.7. The van der Waals surface area contributed by atoms with E-state index in [0.717, 1.165) is 5.56 Å². The number of rotatable bonds is 5. The summed E-state index contributed by atoms with van der Waals surface area (Å²) in [5, 5.41) is 9.93. The van der Waals surface area contributed by atoms with Gasteiger partial charge in [0.15, 0.2) is 0 Å². The molecule has 0 aliphatic heterocycles. The van der Waals surface area contributed by atoms with E-state index in [9.17, 15) is 13.9 Å². The first-order valence-electron chi connectivity index (χ1n) is 5.39. The Morgan fingerprint density at radius 1 is 1.17 bits per heavy atom. The molecule has 3 nitrogen and oxygen atoms in total. The third-order valence-corrected chi connectivity index (χ3v) is 2.50. The van der Waals surface area contributed by atoms with E-state index in [1.54, 1.807) is 24.5 Å². The summed E-state index contributed by atoms with van der Waals surface area (Å²) >= 11 is 0.